The van der Waals surface area contributed by atoms with Crippen LogP contribution in [0.5, 0.6) is 0 Å². The number of rotatable bonds is 5. The number of pyridine rings is 1. The average molecular weight is 528 g/mol. The number of fused-ring (bicyclic) bond motifs is 1. The first-order chi connectivity index (χ1) is 18.1. The number of aromatic nitrogens is 4. The lowest BCUT2D eigenvalue weighted by Gasteiger charge is -2.19. The minimum atomic E-state index is -1.16. The molecule has 1 aromatic carbocycles. The molecule has 37 heavy (non-hydrogen) atoms. The van der Waals surface area contributed by atoms with E-state index in [0.29, 0.717) is 30.1 Å². The van der Waals surface area contributed by atoms with Crippen LogP contribution < -0.4 is 5.73 Å². The summed E-state index contributed by atoms with van der Waals surface area (Å²) in [5, 5.41) is 6.19. The van der Waals surface area contributed by atoms with Crippen molar-refractivity contribution in [2.75, 3.05) is 11.5 Å². The first kappa shape index (κ1) is 23.7. The summed E-state index contributed by atoms with van der Waals surface area (Å²) in [6.07, 6.45) is 6.46. The van der Waals surface area contributed by atoms with E-state index >= 15 is 0 Å². The normalized spacial score (nSPS) is 20.1. The van der Waals surface area contributed by atoms with Crippen molar-refractivity contribution < 1.29 is 9.00 Å². The van der Waals surface area contributed by atoms with Crippen LogP contribution in [0.2, 0.25) is 0 Å². The fourth-order valence-electron chi connectivity index (χ4n) is 4.99. The molecule has 0 amide bonds. The molecule has 3 unspecified atom stereocenters. The van der Waals surface area contributed by atoms with Crippen molar-refractivity contribution >= 4 is 39.9 Å². The average Bonchev–Trinajstić information content (AvgIpc) is 3.58. The zero-order valence-electron chi connectivity index (χ0n) is 20.0. The Hall–Kier alpha value is -3.69. The van der Waals surface area contributed by atoms with Crippen molar-refractivity contribution in [3.63, 3.8) is 0 Å². The van der Waals surface area contributed by atoms with Crippen molar-refractivity contribution in [3.05, 3.63) is 78.1 Å². The quantitative estimate of drug-likeness (QED) is 0.309. The third-order valence-corrected chi connectivity index (χ3v) is 9.51. The molecule has 2 N–H and O–H groups in total. The summed E-state index contributed by atoms with van der Waals surface area (Å²) in [5.41, 5.74) is 12.9. The maximum absolute atomic E-state index is 12.6. The van der Waals surface area contributed by atoms with Crippen LogP contribution in [0.4, 0.5) is 5.82 Å². The highest BCUT2D eigenvalue weighted by molar-refractivity contribution is 7.86. The number of carbonyl (C=O) groups is 1. The van der Waals surface area contributed by atoms with Gasteiger partial charge in [0.25, 0.3) is 0 Å². The lowest BCUT2D eigenvalue weighted by molar-refractivity contribution is -0.107. The Labute approximate surface area is 220 Å². The molecule has 7 nitrogen and oxygen atoms in total. The summed E-state index contributed by atoms with van der Waals surface area (Å²) in [7, 11) is -1.16. The molecule has 3 atom stereocenters. The molecule has 1 saturated heterocycles. The number of nitrogens with zero attached hydrogens (tertiary/aromatic N) is 4. The Morgan fingerprint density at radius 1 is 1.00 bits per heavy atom. The molecule has 6 rings (SSSR count). The van der Waals surface area contributed by atoms with Gasteiger partial charge >= 0.3 is 0 Å². The topological polar surface area (TPSA) is 103 Å². The van der Waals surface area contributed by atoms with Crippen molar-refractivity contribution in [1.29, 1.82) is 0 Å². The van der Waals surface area contributed by atoms with Crippen LogP contribution in [0.15, 0.2) is 72.4 Å². The summed E-state index contributed by atoms with van der Waals surface area (Å²) < 4.78 is 14.3. The van der Waals surface area contributed by atoms with Gasteiger partial charge in [-0.25, -0.2) is 4.98 Å². The third-order valence-electron chi connectivity index (χ3n) is 6.97. The Morgan fingerprint density at radius 3 is 2.59 bits per heavy atom. The number of benzene rings is 1. The monoisotopic (exact) mass is 527 g/mol. The molecule has 0 saturated carbocycles. The van der Waals surface area contributed by atoms with Gasteiger partial charge in [0.05, 0.1) is 28.4 Å². The van der Waals surface area contributed by atoms with E-state index < -0.39 is 16.0 Å². The summed E-state index contributed by atoms with van der Waals surface area (Å²) in [5.74, 6) is 1.04. The standard InChI is InChI=1S/C28H25N5O2S2/c29-27-25(24-7-4-13-36-24)26(19-8-10-21(17-34)37(35)14-12-19)32-28-22(16-31-33(27)28)20-9-11-23(30-15-20)18-5-2-1-3-6-18/h1-7,9,11,13,15-17,19,21H,8,10,12,14,29H2. The molecule has 1 aliphatic rings. The highest BCUT2D eigenvalue weighted by atomic mass is 32.2. The minimum absolute atomic E-state index is 0.0413. The van der Waals surface area contributed by atoms with Crippen LogP contribution in [0.25, 0.3) is 38.5 Å². The van der Waals surface area contributed by atoms with Crippen LogP contribution in [-0.2, 0) is 15.6 Å². The smallest absolute Gasteiger partial charge is 0.165 e. The summed E-state index contributed by atoms with van der Waals surface area (Å²) in [6.45, 7) is 0. The number of nitrogens with two attached hydrogens (primary N) is 1. The molecule has 1 aliphatic heterocycles. The molecule has 4 aromatic heterocycles. The van der Waals surface area contributed by atoms with E-state index in [4.69, 9.17) is 10.7 Å². The van der Waals surface area contributed by atoms with Crippen molar-refractivity contribution in [1.82, 2.24) is 19.6 Å². The fourth-order valence-corrected chi connectivity index (χ4v) is 7.12. The number of nitrogen functional groups attached to an aromatic ring is 1. The summed E-state index contributed by atoms with van der Waals surface area (Å²) >= 11 is 1.60. The third kappa shape index (κ3) is 4.38. The number of thiophene rings is 1. The second-order valence-corrected chi connectivity index (χ2v) is 11.9. The number of anilines is 1. The van der Waals surface area contributed by atoms with Crippen molar-refractivity contribution in [3.8, 4) is 32.8 Å². The predicted octanol–water partition coefficient (Wildman–Crippen LogP) is 5.35. The van der Waals surface area contributed by atoms with Gasteiger partial charge in [-0.05, 0) is 36.8 Å². The van der Waals surface area contributed by atoms with Crippen molar-refractivity contribution in [2.45, 2.75) is 30.4 Å². The maximum Gasteiger partial charge on any atom is 0.165 e. The molecular formula is C28H25N5O2S2. The molecule has 0 bridgehead atoms. The Kier molecular flexibility index (Phi) is 6.40. The van der Waals surface area contributed by atoms with Gasteiger partial charge in [-0.2, -0.15) is 9.61 Å². The molecule has 0 radical (unpaired) electrons. The molecule has 0 spiro atoms. The van der Waals surface area contributed by atoms with Gasteiger partial charge in [0, 0.05) is 50.2 Å². The first-order valence-corrected chi connectivity index (χ1v) is 14.5. The summed E-state index contributed by atoms with van der Waals surface area (Å²) in [4.78, 5) is 22.3. The molecular weight excluding hydrogens is 502 g/mol. The van der Waals surface area contributed by atoms with E-state index in [-0.39, 0.29) is 5.92 Å². The highest BCUT2D eigenvalue weighted by Crippen LogP contribution is 2.41. The first-order valence-electron chi connectivity index (χ1n) is 12.2. The van der Waals surface area contributed by atoms with E-state index in [1.807, 2.05) is 66.2 Å². The molecule has 5 heterocycles. The van der Waals surface area contributed by atoms with Crippen LogP contribution in [0, 0.1) is 0 Å². The van der Waals surface area contributed by atoms with E-state index in [9.17, 15) is 9.00 Å². The summed E-state index contributed by atoms with van der Waals surface area (Å²) in [6, 6.07) is 18.1. The fraction of sp³-hybridized carbons (Fsp3) is 0.214. The molecule has 5 aromatic rings. The number of hydrogen-bond acceptors (Lipinski definition) is 7. The minimum Gasteiger partial charge on any atom is -0.383 e. The van der Waals surface area contributed by atoms with Gasteiger partial charge in [0.15, 0.2) is 5.65 Å². The Bertz CT molecular complexity index is 1580. The largest absolute Gasteiger partial charge is 0.383 e. The zero-order valence-corrected chi connectivity index (χ0v) is 21.6. The second kappa shape index (κ2) is 9.99. The zero-order chi connectivity index (χ0) is 25.4. The molecule has 186 valence electrons. The van der Waals surface area contributed by atoms with E-state index in [0.717, 1.165) is 51.2 Å². The van der Waals surface area contributed by atoms with Crippen LogP contribution in [-0.4, -0.2) is 41.1 Å². The van der Waals surface area contributed by atoms with E-state index in [1.54, 1.807) is 22.0 Å². The van der Waals surface area contributed by atoms with Gasteiger partial charge in [0.1, 0.15) is 12.1 Å². The van der Waals surface area contributed by atoms with Gasteiger partial charge in [-0.1, -0.05) is 42.5 Å². The Balaban J connectivity index is 1.47. The molecule has 9 heteroatoms. The lowest BCUT2D eigenvalue weighted by Crippen LogP contribution is -2.16. The van der Waals surface area contributed by atoms with Crippen LogP contribution in [0.3, 0.4) is 0 Å². The van der Waals surface area contributed by atoms with E-state index in [1.165, 1.54) is 0 Å². The number of hydrogen-bond donors (Lipinski definition) is 1. The maximum atomic E-state index is 12.6. The second-order valence-electron chi connectivity index (χ2n) is 9.15. The number of aldehydes is 1. The van der Waals surface area contributed by atoms with Gasteiger partial charge in [0.2, 0.25) is 0 Å². The SMILES string of the molecule is Nc1c(-c2cccs2)c(C2CCC(C=O)S(=O)CC2)nc2c(-c3ccc(-c4ccccc4)nc3)cnn12. The predicted molar refractivity (Wildman–Crippen MR) is 149 cm³/mol. The van der Waals surface area contributed by atoms with Crippen LogP contribution >= 0.6 is 11.3 Å². The number of carbonyl (C=O) groups excluding carboxylic acids is 1. The lowest BCUT2D eigenvalue weighted by atomic mass is 9.91. The van der Waals surface area contributed by atoms with Gasteiger partial charge < -0.3 is 10.5 Å². The Morgan fingerprint density at radius 2 is 1.86 bits per heavy atom. The van der Waals surface area contributed by atoms with Gasteiger partial charge in [-0.15, -0.1) is 11.3 Å². The molecule has 0 aliphatic carbocycles. The van der Waals surface area contributed by atoms with Crippen molar-refractivity contribution in [2.24, 2.45) is 0 Å². The van der Waals surface area contributed by atoms with Gasteiger partial charge in [-0.3, -0.25) is 9.19 Å². The van der Waals surface area contributed by atoms with Crippen LogP contribution in [0.1, 0.15) is 30.9 Å². The molecule has 1 fully saturated rings. The van der Waals surface area contributed by atoms with E-state index in [2.05, 4.69) is 10.1 Å². The highest BCUT2D eigenvalue weighted by Gasteiger charge is 2.30.